The number of aliphatic imine (C=N–C) groups is 2. The van der Waals surface area contributed by atoms with Crippen LogP contribution in [0.4, 0.5) is 11.4 Å². The number of carboxylic acids is 1. The van der Waals surface area contributed by atoms with Gasteiger partial charge in [0, 0.05) is 40.4 Å². The van der Waals surface area contributed by atoms with E-state index in [0.29, 0.717) is 23.6 Å². The van der Waals surface area contributed by atoms with Crippen LogP contribution in [-0.4, -0.2) is 78.9 Å². The number of carbonyl (C=O) groups excluding carboxylic acids is 1. The number of nitrogens with one attached hydrogen (secondary N) is 4. The van der Waals surface area contributed by atoms with Crippen LogP contribution in [0.2, 0.25) is 0 Å². The number of hydrogen-bond donors (Lipinski definition) is 5. The monoisotopic (exact) mass is 790 g/mol. The Balaban J connectivity index is 0.878. The van der Waals surface area contributed by atoms with Crippen LogP contribution in [0, 0.1) is 6.92 Å². The molecule has 0 amide bonds. The Morgan fingerprint density at radius 3 is 2.05 bits per heavy atom. The zero-order valence-electron chi connectivity index (χ0n) is 31.3. The van der Waals surface area contributed by atoms with Crippen LogP contribution in [0.25, 0.3) is 21.8 Å². The summed E-state index contributed by atoms with van der Waals surface area (Å²) in [4.78, 5) is 42.5. The Labute approximate surface area is 333 Å². The fraction of sp³-hybridized carbons (Fsp3) is 0.395. The number of aryl methyl sites for hydroxylation is 1. The number of para-hydroxylation sites is 1. The Kier molecular flexibility index (Phi) is 10.5. The van der Waals surface area contributed by atoms with Gasteiger partial charge in [-0.1, -0.05) is 43.9 Å². The number of aromatic amines is 2. The Morgan fingerprint density at radius 2 is 1.39 bits per heavy atom. The lowest BCUT2D eigenvalue weighted by Gasteiger charge is -2.18. The number of nitrogens with zero attached hydrogens (tertiary/aromatic N) is 2. The highest BCUT2D eigenvalue weighted by Crippen LogP contribution is 2.37. The molecule has 11 nitrogen and oxygen atoms in total. The van der Waals surface area contributed by atoms with Gasteiger partial charge >= 0.3 is 11.9 Å². The van der Waals surface area contributed by atoms with Crippen molar-refractivity contribution in [3.8, 4) is 11.5 Å². The highest BCUT2D eigenvalue weighted by Gasteiger charge is 2.37. The van der Waals surface area contributed by atoms with Crippen molar-refractivity contribution in [3.05, 3.63) is 83.7 Å². The summed E-state index contributed by atoms with van der Waals surface area (Å²) in [6.45, 7) is 2.09. The van der Waals surface area contributed by atoms with E-state index in [9.17, 15) is 14.7 Å². The number of esters is 1. The first-order valence-corrected chi connectivity index (χ1v) is 21.7. The van der Waals surface area contributed by atoms with Gasteiger partial charge in [-0.25, -0.2) is 4.79 Å². The lowest BCUT2D eigenvalue weighted by atomic mass is 10.1. The predicted molar refractivity (Wildman–Crippen MR) is 227 cm³/mol. The van der Waals surface area contributed by atoms with Gasteiger partial charge in [-0.3, -0.25) is 14.8 Å². The molecule has 4 aliphatic rings. The molecular formula is C43H46N6O5S2. The lowest BCUT2D eigenvalue weighted by molar-refractivity contribution is -0.165. The molecule has 2 saturated carbocycles. The summed E-state index contributed by atoms with van der Waals surface area (Å²) in [6, 6.07) is 22.2. The van der Waals surface area contributed by atoms with Crippen molar-refractivity contribution in [2.75, 3.05) is 22.1 Å². The molecule has 2 aliphatic heterocycles. The standard InChI is InChI=1S/C43H46N6O5S2/c1-24-15-25-18-35(48-38(25)32(16-24)44-27-9-5-6-10-27)42-49-36(23-56-42)40(43(51)52)54-37(50)20-29-22-55-41(46-29)34-19-26-17-31(53-30-13-3-2-4-14-30)21-33(39(26)47-34)45-28-11-7-8-12-28/h2-4,13-19,21,27-29,36,40,44-45,47-48H,5-12,20,22-23H2,1H3,(H,51,52). The molecule has 3 atom stereocenters. The van der Waals surface area contributed by atoms with Crippen LogP contribution < -0.4 is 15.4 Å². The van der Waals surface area contributed by atoms with E-state index in [2.05, 4.69) is 57.9 Å². The number of fused-ring (bicyclic) bond motifs is 2. The van der Waals surface area contributed by atoms with E-state index < -0.39 is 24.1 Å². The Morgan fingerprint density at radius 1 is 0.786 bits per heavy atom. The first-order chi connectivity index (χ1) is 27.3. The van der Waals surface area contributed by atoms with Crippen LogP contribution in [0.15, 0.2) is 76.7 Å². The summed E-state index contributed by atoms with van der Waals surface area (Å²) < 4.78 is 11.9. The molecule has 5 aromatic rings. The molecule has 0 bridgehead atoms. The third-order valence-corrected chi connectivity index (χ3v) is 13.3. The number of aliphatic carboxylic acids is 1. The van der Waals surface area contributed by atoms with Crippen molar-refractivity contribution in [3.63, 3.8) is 0 Å². The van der Waals surface area contributed by atoms with Crippen LogP contribution in [0.1, 0.15) is 74.7 Å². The van der Waals surface area contributed by atoms with Gasteiger partial charge in [0.1, 0.15) is 27.6 Å². The number of H-pyrrole nitrogens is 2. The average molecular weight is 791 g/mol. The van der Waals surface area contributed by atoms with Gasteiger partial charge in [-0.2, -0.15) is 0 Å². The summed E-state index contributed by atoms with van der Waals surface area (Å²) in [6.07, 6.45) is 8.16. The fourth-order valence-electron chi connectivity index (χ4n) is 8.37. The van der Waals surface area contributed by atoms with Gasteiger partial charge in [0.05, 0.1) is 46.3 Å². The van der Waals surface area contributed by atoms with E-state index in [0.717, 1.165) is 79.0 Å². The van der Waals surface area contributed by atoms with E-state index in [1.54, 1.807) is 11.8 Å². The molecule has 56 heavy (non-hydrogen) atoms. The molecule has 0 saturated heterocycles. The number of anilines is 2. The second kappa shape index (κ2) is 15.9. The van der Waals surface area contributed by atoms with Crippen molar-refractivity contribution >= 4 is 78.7 Å². The molecule has 0 spiro atoms. The van der Waals surface area contributed by atoms with Crippen LogP contribution in [0.3, 0.4) is 0 Å². The largest absolute Gasteiger partial charge is 0.478 e. The minimum atomic E-state index is -1.39. The van der Waals surface area contributed by atoms with Gasteiger partial charge in [0.15, 0.2) is 0 Å². The normalized spacial score (nSPS) is 20.7. The molecule has 0 radical (unpaired) electrons. The van der Waals surface area contributed by atoms with E-state index in [-0.39, 0.29) is 12.5 Å². The molecule has 3 aromatic carbocycles. The van der Waals surface area contributed by atoms with Gasteiger partial charge in [0.2, 0.25) is 6.10 Å². The van der Waals surface area contributed by atoms with Crippen LogP contribution in [-0.2, 0) is 14.3 Å². The highest BCUT2D eigenvalue weighted by atomic mass is 32.2. The highest BCUT2D eigenvalue weighted by molar-refractivity contribution is 8.15. The van der Waals surface area contributed by atoms with Crippen molar-refractivity contribution in [2.24, 2.45) is 9.98 Å². The summed E-state index contributed by atoms with van der Waals surface area (Å²) in [5, 5.41) is 21.3. The zero-order valence-corrected chi connectivity index (χ0v) is 32.9. The zero-order chi connectivity index (χ0) is 38.2. The molecule has 2 fully saturated rings. The maximum absolute atomic E-state index is 13.3. The quantitative estimate of drug-likeness (QED) is 0.0735. The third-order valence-electron chi connectivity index (χ3n) is 11.1. The number of rotatable bonds is 13. The molecule has 5 N–H and O–H groups in total. The lowest BCUT2D eigenvalue weighted by Crippen LogP contribution is -2.38. The van der Waals surface area contributed by atoms with Gasteiger partial charge < -0.3 is 35.2 Å². The summed E-state index contributed by atoms with van der Waals surface area (Å²) in [7, 11) is 0. The second-order valence-corrected chi connectivity index (χ2v) is 17.4. The number of hydrogen-bond acceptors (Lipinski definition) is 10. The third kappa shape index (κ3) is 8.02. The number of thioether (sulfide) groups is 2. The number of benzene rings is 3. The smallest absolute Gasteiger partial charge is 0.347 e. The van der Waals surface area contributed by atoms with Crippen molar-refractivity contribution in [2.45, 2.75) is 95.0 Å². The van der Waals surface area contributed by atoms with E-state index in [1.165, 1.54) is 55.9 Å². The molecule has 9 rings (SSSR count). The van der Waals surface area contributed by atoms with E-state index in [1.807, 2.05) is 36.4 Å². The first kappa shape index (κ1) is 36.7. The maximum Gasteiger partial charge on any atom is 0.347 e. The summed E-state index contributed by atoms with van der Waals surface area (Å²) in [5.74, 6) is 0.718. The molecule has 2 aromatic heterocycles. The number of carboxylic acid groups (broad SMARTS) is 1. The molecule has 2 aliphatic carbocycles. The predicted octanol–water partition coefficient (Wildman–Crippen LogP) is 9.27. The maximum atomic E-state index is 13.3. The SMILES string of the molecule is Cc1cc(NC2CCCC2)c2[nH]c(C3=NC(C(OC(=O)CC4CSC(c5cc6cc(Oc7ccccc7)cc(NC7CCCC7)c6[nH]5)=N4)C(=O)O)CS3)cc2c1. The second-order valence-electron chi connectivity index (χ2n) is 15.4. The topological polar surface area (TPSA) is 153 Å². The number of carbonyl (C=O) groups is 2. The minimum Gasteiger partial charge on any atom is -0.478 e. The molecule has 13 heteroatoms. The van der Waals surface area contributed by atoms with Crippen LogP contribution >= 0.6 is 23.5 Å². The average Bonchev–Trinajstić information content (AvgIpc) is 4.03. The van der Waals surface area contributed by atoms with Gasteiger partial charge in [-0.05, 0) is 80.6 Å². The molecule has 290 valence electrons. The van der Waals surface area contributed by atoms with Gasteiger partial charge in [0.25, 0.3) is 0 Å². The van der Waals surface area contributed by atoms with Crippen molar-refractivity contribution < 1.29 is 24.2 Å². The van der Waals surface area contributed by atoms with Crippen molar-refractivity contribution in [1.82, 2.24) is 9.97 Å². The summed E-state index contributed by atoms with van der Waals surface area (Å²) >= 11 is 3.06. The Bertz CT molecular complexity index is 2330. The first-order valence-electron chi connectivity index (χ1n) is 19.7. The van der Waals surface area contributed by atoms with Crippen molar-refractivity contribution in [1.29, 1.82) is 0 Å². The molecular weight excluding hydrogens is 745 g/mol. The Hall–Kier alpha value is -4.88. The van der Waals surface area contributed by atoms with Gasteiger partial charge in [-0.15, -0.1) is 23.5 Å². The number of aromatic nitrogens is 2. The fourth-order valence-corrected chi connectivity index (χ4v) is 10.5. The summed E-state index contributed by atoms with van der Waals surface area (Å²) in [5.41, 5.74) is 6.96. The number of ether oxygens (including phenoxy) is 2. The van der Waals surface area contributed by atoms with Crippen LogP contribution in [0.5, 0.6) is 11.5 Å². The molecule has 4 heterocycles. The molecule has 3 unspecified atom stereocenters. The van der Waals surface area contributed by atoms with E-state index >= 15 is 0 Å². The minimum absolute atomic E-state index is 0.0152. The van der Waals surface area contributed by atoms with E-state index in [4.69, 9.17) is 19.5 Å².